The van der Waals surface area contributed by atoms with E-state index in [-0.39, 0.29) is 5.91 Å². The third kappa shape index (κ3) is 3.89. The van der Waals surface area contributed by atoms with Crippen molar-refractivity contribution in [2.45, 2.75) is 11.8 Å². The molecular weight excluding hydrogens is 452 g/mol. The Kier molecular flexibility index (Phi) is 5.86. The summed E-state index contributed by atoms with van der Waals surface area (Å²) in [5.74, 6) is 0.743. The van der Waals surface area contributed by atoms with Gasteiger partial charge in [0.1, 0.15) is 15.7 Å². The van der Waals surface area contributed by atoms with E-state index in [1.54, 1.807) is 36.0 Å². The van der Waals surface area contributed by atoms with E-state index >= 15 is 0 Å². The number of hydrogen-bond donors (Lipinski definition) is 0. The maximum Gasteiger partial charge on any atom is 0.269 e. The van der Waals surface area contributed by atoms with Crippen molar-refractivity contribution in [3.05, 3.63) is 77.3 Å². The minimum Gasteiger partial charge on any atom is -0.497 e. The Hall–Kier alpha value is -3.23. The number of rotatable bonds is 5. The summed E-state index contributed by atoms with van der Waals surface area (Å²) in [6, 6.07) is 15.8. The fourth-order valence-electron chi connectivity index (χ4n) is 3.82. The quantitative estimate of drug-likeness (QED) is 0.344. The van der Waals surface area contributed by atoms with Crippen molar-refractivity contribution in [3.8, 4) is 5.75 Å². The van der Waals surface area contributed by atoms with Crippen molar-refractivity contribution >= 4 is 56.9 Å². The molecule has 33 heavy (non-hydrogen) atoms. The van der Waals surface area contributed by atoms with Crippen molar-refractivity contribution in [3.63, 3.8) is 0 Å². The number of amidine groups is 1. The van der Waals surface area contributed by atoms with Gasteiger partial charge in [-0.05, 0) is 55.1 Å². The number of aliphatic imine (C=N–C) groups is 1. The third-order valence-corrected chi connectivity index (χ3v) is 7.78. The Balaban J connectivity index is 1.55. The molecule has 0 atom stereocenters. The molecule has 1 saturated heterocycles. The molecule has 2 aliphatic heterocycles. The minimum atomic E-state index is -0.0539. The van der Waals surface area contributed by atoms with E-state index in [2.05, 4.69) is 23.4 Å². The van der Waals surface area contributed by atoms with E-state index < -0.39 is 0 Å². The molecule has 0 radical (unpaired) electrons. The molecule has 3 aromatic rings. The first-order valence-electron chi connectivity index (χ1n) is 10.5. The number of fused-ring (bicyclic) bond motifs is 2. The van der Waals surface area contributed by atoms with Gasteiger partial charge in [-0.3, -0.25) is 14.7 Å². The van der Waals surface area contributed by atoms with Gasteiger partial charge >= 0.3 is 0 Å². The summed E-state index contributed by atoms with van der Waals surface area (Å²) < 4.78 is 5.41. The van der Waals surface area contributed by atoms with E-state index in [4.69, 9.17) is 9.73 Å². The van der Waals surface area contributed by atoms with Gasteiger partial charge in [0.15, 0.2) is 5.17 Å². The van der Waals surface area contributed by atoms with Crippen molar-refractivity contribution in [1.29, 1.82) is 0 Å². The van der Waals surface area contributed by atoms with Crippen LogP contribution in [0.1, 0.15) is 6.92 Å². The average molecular weight is 475 g/mol. The zero-order valence-electron chi connectivity index (χ0n) is 18.3. The fraction of sp³-hybridized carbons (Fsp3) is 0.160. The van der Waals surface area contributed by atoms with Gasteiger partial charge in [-0.25, -0.2) is 4.99 Å². The number of nitrogens with zero attached hydrogens (tertiary/aromatic N) is 4. The topological polar surface area (TPSA) is 58.0 Å². The normalized spacial score (nSPS) is 19.0. The molecular formula is C25H22N4O2S2. The van der Waals surface area contributed by atoms with Gasteiger partial charge in [-0.2, -0.15) is 0 Å². The lowest BCUT2D eigenvalue weighted by molar-refractivity contribution is -0.121. The summed E-state index contributed by atoms with van der Waals surface area (Å²) in [6.07, 6.45) is 3.50. The van der Waals surface area contributed by atoms with Gasteiger partial charge in [-0.15, -0.1) is 6.58 Å². The summed E-state index contributed by atoms with van der Waals surface area (Å²) in [5.41, 5.74) is 2.75. The Morgan fingerprint density at radius 1 is 1.15 bits per heavy atom. The van der Waals surface area contributed by atoms with Crippen LogP contribution in [-0.4, -0.2) is 41.2 Å². The molecule has 1 aromatic heterocycles. The minimum absolute atomic E-state index is 0.0539. The lowest BCUT2D eigenvalue weighted by atomic mass is 10.2. The monoisotopic (exact) mass is 474 g/mol. The second kappa shape index (κ2) is 8.96. The van der Waals surface area contributed by atoms with Crippen LogP contribution >= 0.6 is 23.5 Å². The highest BCUT2D eigenvalue weighted by Crippen LogP contribution is 2.51. The molecule has 6 nitrogen and oxygen atoms in total. The molecule has 0 bridgehead atoms. The van der Waals surface area contributed by atoms with Crippen molar-refractivity contribution in [2.24, 2.45) is 4.99 Å². The molecule has 0 aliphatic carbocycles. The Bertz CT molecular complexity index is 1330. The number of hydrogen-bond acceptors (Lipinski definition) is 7. The van der Waals surface area contributed by atoms with Crippen LogP contribution in [-0.2, 0) is 4.79 Å². The van der Waals surface area contributed by atoms with Crippen molar-refractivity contribution in [2.75, 3.05) is 25.1 Å². The standard InChI is InChI=1S/C25H22N4O2S2/c1-4-13-29-23(30)22(24-28(5-2)20-15-18(31-3)9-11-21(20)32-24)33-25(29)27-17-8-10-19-16(14-17)7-6-12-26-19/h4,6-12,14-15H,1,5,13H2,2-3H3. The van der Waals surface area contributed by atoms with Crippen molar-refractivity contribution < 1.29 is 9.53 Å². The van der Waals surface area contributed by atoms with Crippen LogP contribution in [0.15, 0.2) is 87.2 Å². The van der Waals surface area contributed by atoms with Gasteiger partial charge < -0.3 is 9.64 Å². The van der Waals surface area contributed by atoms with Crippen LogP contribution in [0, 0.1) is 0 Å². The molecule has 3 heterocycles. The van der Waals surface area contributed by atoms with Gasteiger partial charge in [0.25, 0.3) is 5.91 Å². The highest BCUT2D eigenvalue weighted by molar-refractivity contribution is 8.19. The molecule has 166 valence electrons. The van der Waals surface area contributed by atoms with Crippen molar-refractivity contribution in [1.82, 2.24) is 9.88 Å². The van der Waals surface area contributed by atoms with E-state index in [1.807, 2.05) is 48.5 Å². The smallest absolute Gasteiger partial charge is 0.269 e. The number of thioether (sulfide) groups is 2. The van der Waals surface area contributed by atoms with Crippen LogP contribution in [0.3, 0.4) is 0 Å². The van der Waals surface area contributed by atoms with Crippen LogP contribution in [0.2, 0.25) is 0 Å². The summed E-state index contributed by atoms with van der Waals surface area (Å²) in [7, 11) is 1.66. The van der Waals surface area contributed by atoms with E-state index in [0.29, 0.717) is 16.6 Å². The van der Waals surface area contributed by atoms with Gasteiger partial charge in [0, 0.05) is 35.6 Å². The lowest BCUT2D eigenvalue weighted by Gasteiger charge is -2.19. The second-order valence-electron chi connectivity index (χ2n) is 7.40. The Labute approximate surface area is 201 Å². The number of pyridine rings is 1. The highest BCUT2D eigenvalue weighted by atomic mass is 32.2. The SMILES string of the molecule is C=CCN1C(=O)C(=C2Sc3ccc(OC)cc3N2CC)SC1=Nc1ccc2ncccc2c1. The predicted octanol–water partition coefficient (Wildman–Crippen LogP) is 5.79. The molecule has 2 aromatic carbocycles. The van der Waals surface area contributed by atoms with Gasteiger partial charge in [-0.1, -0.05) is 23.9 Å². The number of methoxy groups -OCH3 is 1. The summed E-state index contributed by atoms with van der Waals surface area (Å²) in [4.78, 5) is 28.3. The molecule has 0 N–H and O–H groups in total. The molecule has 0 unspecified atom stereocenters. The van der Waals surface area contributed by atoms with E-state index in [9.17, 15) is 4.79 Å². The first kappa shape index (κ1) is 21.6. The maximum atomic E-state index is 13.5. The highest BCUT2D eigenvalue weighted by Gasteiger charge is 2.39. The number of benzene rings is 2. The summed E-state index contributed by atoms with van der Waals surface area (Å²) in [5, 5.41) is 2.59. The van der Waals surface area contributed by atoms with Gasteiger partial charge in [0.05, 0.1) is 24.0 Å². The van der Waals surface area contributed by atoms with Crippen LogP contribution in [0.4, 0.5) is 11.4 Å². The second-order valence-corrected chi connectivity index (χ2v) is 9.40. The van der Waals surface area contributed by atoms with Crippen LogP contribution < -0.4 is 9.64 Å². The molecule has 1 fully saturated rings. The number of aromatic nitrogens is 1. The van der Waals surface area contributed by atoms with Crippen LogP contribution in [0.25, 0.3) is 10.9 Å². The third-order valence-electron chi connectivity index (χ3n) is 5.41. The number of anilines is 1. The Morgan fingerprint density at radius 3 is 2.82 bits per heavy atom. The zero-order valence-corrected chi connectivity index (χ0v) is 19.9. The first-order chi connectivity index (χ1) is 16.1. The predicted molar refractivity (Wildman–Crippen MR) is 137 cm³/mol. The molecule has 5 rings (SSSR count). The maximum absolute atomic E-state index is 13.5. The largest absolute Gasteiger partial charge is 0.497 e. The Morgan fingerprint density at radius 2 is 2.03 bits per heavy atom. The molecule has 0 spiro atoms. The number of carbonyl (C=O) groups is 1. The number of carbonyl (C=O) groups excluding carboxylic acids is 1. The van der Waals surface area contributed by atoms with E-state index in [1.165, 1.54) is 11.8 Å². The summed E-state index contributed by atoms with van der Waals surface area (Å²) >= 11 is 3.02. The lowest BCUT2D eigenvalue weighted by Crippen LogP contribution is -2.30. The zero-order chi connectivity index (χ0) is 22.9. The average Bonchev–Trinajstić information content (AvgIpc) is 3.36. The fourth-order valence-corrected chi connectivity index (χ4v) is 6.21. The number of ether oxygens (including phenoxy) is 1. The molecule has 0 saturated carbocycles. The number of amides is 1. The molecule has 1 amide bonds. The molecule has 2 aliphatic rings. The van der Waals surface area contributed by atoms with Gasteiger partial charge in [0.2, 0.25) is 0 Å². The van der Waals surface area contributed by atoms with E-state index in [0.717, 1.165) is 44.5 Å². The first-order valence-corrected chi connectivity index (χ1v) is 12.2. The van der Waals surface area contributed by atoms with Crippen LogP contribution in [0.5, 0.6) is 5.75 Å². The summed E-state index contributed by atoms with van der Waals surface area (Å²) in [6.45, 7) is 7.06. The molecule has 8 heteroatoms.